The van der Waals surface area contributed by atoms with E-state index < -0.39 is 0 Å². The average molecular weight is 251 g/mol. The largest absolute Gasteiger partial charge is 0.493 e. The number of hydrogen-bond acceptors (Lipinski definition) is 4. The smallest absolute Gasteiger partial charge is 0.161 e. The lowest BCUT2D eigenvalue weighted by molar-refractivity contribution is -0.0151. The molecule has 2 unspecified atom stereocenters. The van der Waals surface area contributed by atoms with Crippen LogP contribution in [0.25, 0.3) is 0 Å². The fourth-order valence-corrected chi connectivity index (χ4v) is 2.20. The summed E-state index contributed by atoms with van der Waals surface area (Å²) >= 11 is 0. The van der Waals surface area contributed by atoms with Crippen molar-refractivity contribution in [3.05, 3.63) is 24.3 Å². The molecule has 0 aromatic heterocycles. The van der Waals surface area contributed by atoms with E-state index in [1.807, 2.05) is 24.3 Å². The highest BCUT2D eigenvalue weighted by molar-refractivity contribution is 5.39. The molecule has 0 amide bonds. The third kappa shape index (κ3) is 3.15. The lowest BCUT2D eigenvalue weighted by atomic mass is 10.1. The van der Waals surface area contributed by atoms with Crippen molar-refractivity contribution in [3.8, 4) is 11.5 Å². The Kier molecular flexibility index (Phi) is 4.84. The summed E-state index contributed by atoms with van der Waals surface area (Å²) < 4.78 is 16.8. The molecule has 1 aliphatic heterocycles. The molecule has 0 aliphatic carbocycles. The summed E-state index contributed by atoms with van der Waals surface area (Å²) in [5.41, 5.74) is 0. The van der Waals surface area contributed by atoms with Crippen LogP contribution in [0.1, 0.15) is 13.3 Å². The maximum Gasteiger partial charge on any atom is 0.161 e. The van der Waals surface area contributed by atoms with Crippen LogP contribution < -0.4 is 14.8 Å². The van der Waals surface area contributed by atoms with Crippen LogP contribution in [-0.4, -0.2) is 39.0 Å². The van der Waals surface area contributed by atoms with E-state index in [0.717, 1.165) is 31.1 Å². The van der Waals surface area contributed by atoms with Gasteiger partial charge in [-0.25, -0.2) is 0 Å². The molecule has 0 radical (unpaired) electrons. The molecule has 0 spiro atoms. The molecule has 1 aromatic carbocycles. The van der Waals surface area contributed by atoms with E-state index in [0.29, 0.717) is 12.6 Å². The maximum absolute atomic E-state index is 6.03. The lowest BCUT2D eigenvalue weighted by Crippen LogP contribution is -2.49. The molecular formula is C14H21NO3. The van der Waals surface area contributed by atoms with Gasteiger partial charge in [-0.15, -0.1) is 0 Å². The van der Waals surface area contributed by atoms with E-state index in [1.165, 1.54) is 0 Å². The quantitative estimate of drug-likeness (QED) is 0.867. The van der Waals surface area contributed by atoms with Gasteiger partial charge in [-0.3, -0.25) is 0 Å². The third-order valence-corrected chi connectivity index (χ3v) is 3.12. The normalized spacial score (nSPS) is 23.7. The molecule has 0 bridgehead atoms. The highest BCUT2D eigenvalue weighted by atomic mass is 16.6. The monoisotopic (exact) mass is 251 g/mol. The Morgan fingerprint density at radius 2 is 2.11 bits per heavy atom. The van der Waals surface area contributed by atoms with Crippen LogP contribution in [-0.2, 0) is 4.74 Å². The van der Waals surface area contributed by atoms with Gasteiger partial charge in [0.25, 0.3) is 0 Å². The highest BCUT2D eigenvalue weighted by Gasteiger charge is 2.27. The van der Waals surface area contributed by atoms with E-state index in [-0.39, 0.29) is 6.10 Å². The summed E-state index contributed by atoms with van der Waals surface area (Å²) in [5, 5.41) is 3.45. The topological polar surface area (TPSA) is 39.7 Å². The van der Waals surface area contributed by atoms with Crippen LogP contribution in [0.3, 0.4) is 0 Å². The SMILES string of the molecule is CCNC1CCOCC1Oc1ccccc1OC. The number of likely N-dealkylation sites (N-methyl/N-ethyl adjacent to an activating group) is 1. The summed E-state index contributed by atoms with van der Waals surface area (Å²) in [6, 6.07) is 8.06. The predicted molar refractivity (Wildman–Crippen MR) is 70.3 cm³/mol. The van der Waals surface area contributed by atoms with Crippen molar-refractivity contribution >= 4 is 0 Å². The lowest BCUT2D eigenvalue weighted by Gasteiger charge is -2.32. The average Bonchev–Trinajstić information content (AvgIpc) is 2.42. The van der Waals surface area contributed by atoms with Crippen molar-refractivity contribution in [2.24, 2.45) is 0 Å². The fourth-order valence-electron chi connectivity index (χ4n) is 2.20. The Bertz CT molecular complexity index is 368. The zero-order valence-corrected chi connectivity index (χ0v) is 11.0. The summed E-state index contributed by atoms with van der Waals surface area (Å²) in [6.45, 7) is 4.46. The van der Waals surface area contributed by atoms with Crippen molar-refractivity contribution in [1.29, 1.82) is 0 Å². The molecule has 2 atom stereocenters. The standard InChI is InChI=1S/C14H21NO3/c1-3-15-11-8-9-17-10-14(11)18-13-7-5-4-6-12(13)16-2/h4-7,11,14-15H,3,8-10H2,1-2H3. The summed E-state index contributed by atoms with van der Waals surface area (Å²) in [6.07, 6.45) is 1.02. The first-order valence-corrected chi connectivity index (χ1v) is 6.46. The Morgan fingerprint density at radius 3 is 2.83 bits per heavy atom. The number of methoxy groups -OCH3 is 1. The highest BCUT2D eigenvalue weighted by Crippen LogP contribution is 2.28. The van der Waals surface area contributed by atoms with Gasteiger partial charge >= 0.3 is 0 Å². The van der Waals surface area contributed by atoms with Gasteiger partial charge in [-0.05, 0) is 25.1 Å². The van der Waals surface area contributed by atoms with E-state index in [4.69, 9.17) is 14.2 Å². The van der Waals surface area contributed by atoms with Crippen molar-refractivity contribution in [3.63, 3.8) is 0 Å². The number of benzene rings is 1. The Labute approximate surface area is 108 Å². The predicted octanol–water partition coefficient (Wildman–Crippen LogP) is 1.84. The van der Waals surface area contributed by atoms with E-state index >= 15 is 0 Å². The molecule has 18 heavy (non-hydrogen) atoms. The first-order chi connectivity index (χ1) is 8.85. The van der Waals surface area contributed by atoms with Gasteiger partial charge in [0.2, 0.25) is 0 Å². The summed E-state index contributed by atoms with van der Waals surface area (Å²) in [5.74, 6) is 1.54. The van der Waals surface area contributed by atoms with Crippen LogP contribution in [0.4, 0.5) is 0 Å². The zero-order valence-electron chi connectivity index (χ0n) is 11.0. The Morgan fingerprint density at radius 1 is 1.33 bits per heavy atom. The van der Waals surface area contributed by atoms with Gasteiger partial charge < -0.3 is 19.5 Å². The molecule has 0 saturated carbocycles. The summed E-state index contributed by atoms with van der Waals surface area (Å²) in [4.78, 5) is 0. The molecule has 1 heterocycles. The van der Waals surface area contributed by atoms with Gasteiger partial charge in [-0.2, -0.15) is 0 Å². The van der Waals surface area contributed by atoms with Crippen LogP contribution >= 0.6 is 0 Å². The molecule has 1 saturated heterocycles. The second kappa shape index (κ2) is 6.61. The molecule has 100 valence electrons. The first kappa shape index (κ1) is 13.2. The van der Waals surface area contributed by atoms with Gasteiger partial charge in [0.05, 0.1) is 13.7 Å². The number of nitrogens with one attached hydrogen (secondary N) is 1. The molecule has 4 heteroatoms. The molecule has 1 aromatic rings. The fraction of sp³-hybridized carbons (Fsp3) is 0.571. The van der Waals surface area contributed by atoms with E-state index in [1.54, 1.807) is 7.11 Å². The van der Waals surface area contributed by atoms with Crippen molar-refractivity contribution in [1.82, 2.24) is 5.32 Å². The Balaban J connectivity index is 2.05. The second-order valence-corrected chi connectivity index (χ2v) is 4.33. The minimum atomic E-state index is 0.0370. The van der Waals surface area contributed by atoms with Gasteiger partial charge in [-0.1, -0.05) is 19.1 Å². The maximum atomic E-state index is 6.03. The van der Waals surface area contributed by atoms with Gasteiger partial charge in [0, 0.05) is 12.6 Å². The molecule has 2 rings (SSSR count). The second-order valence-electron chi connectivity index (χ2n) is 4.33. The number of rotatable bonds is 5. The zero-order chi connectivity index (χ0) is 12.8. The molecule has 1 aliphatic rings. The molecule has 4 nitrogen and oxygen atoms in total. The number of ether oxygens (including phenoxy) is 3. The minimum absolute atomic E-state index is 0.0370. The molecule has 1 fully saturated rings. The number of hydrogen-bond donors (Lipinski definition) is 1. The van der Waals surface area contributed by atoms with E-state index in [2.05, 4.69) is 12.2 Å². The molecular weight excluding hydrogens is 230 g/mol. The molecule has 1 N–H and O–H groups in total. The Hall–Kier alpha value is -1.26. The summed E-state index contributed by atoms with van der Waals surface area (Å²) in [7, 11) is 1.65. The third-order valence-electron chi connectivity index (χ3n) is 3.12. The van der Waals surface area contributed by atoms with Gasteiger partial charge in [0.1, 0.15) is 6.10 Å². The van der Waals surface area contributed by atoms with Crippen LogP contribution in [0, 0.1) is 0 Å². The first-order valence-electron chi connectivity index (χ1n) is 6.46. The van der Waals surface area contributed by atoms with Crippen molar-refractivity contribution < 1.29 is 14.2 Å². The van der Waals surface area contributed by atoms with E-state index in [9.17, 15) is 0 Å². The van der Waals surface area contributed by atoms with Crippen molar-refractivity contribution in [2.75, 3.05) is 26.9 Å². The van der Waals surface area contributed by atoms with Gasteiger partial charge in [0.15, 0.2) is 11.5 Å². The number of para-hydroxylation sites is 2. The van der Waals surface area contributed by atoms with Crippen molar-refractivity contribution in [2.45, 2.75) is 25.5 Å². The minimum Gasteiger partial charge on any atom is -0.493 e. The van der Waals surface area contributed by atoms with Crippen LogP contribution in [0.15, 0.2) is 24.3 Å². The van der Waals surface area contributed by atoms with Crippen LogP contribution in [0.2, 0.25) is 0 Å². The van der Waals surface area contributed by atoms with Crippen LogP contribution in [0.5, 0.6) is 11.5 Å².